The van der Waals surface area contributed by atoms with E-state index in [9.17, 15) is 0 Å². The highest BCUT2D eigenvalue weighted by atomic mass is 15.4. The molecular formula is C14H30N4. The van der Waals surface area contributed by atoms with E-state index in [1.807, 2.05) is 0 Å². The molecule has 18 heavy (non-hydrogen) atoms. The molecule has 0 atom stereocenters. The van der Waals surface area contributed by atoms with Gasteiger partial charge in [-0.25, -0.2) is 10.8 Å². The highest BCUT2D eigenvalue weighted by Gasteiger charge is 2.22. The zero-order valence-electron chi connectivity index (χ0n) is 12.4. The molecule has 0 aliphatic heterocycles. The van der Waals surface area contributed by atoms with E-state index in [1.165, 1.54) is 25.7 Å². The quantitative estimate of drug-likeness (QED) is 0.317. The molecule has 1 rings (SSSR count). The highest BCUT2D eigenvalue weighted by Crippen LogP contribution is 2.23. The molecule has 0 spiro atoms. The summed E-state index contributed by atoms with van der Waals surface area (Å²) < 4.78 is 0. The van der Waals surface area contributed by atoms with Crippen molar-refractivity contribution >= 4 is 5.96 Å². The van der Waals surface area contributed by atoms with Crippen molar-refractivity contribution in [2.24, 2.45) is 22.7 Å². The summed E-state index contributed by atoms with van der Waals surface area (Å²) in [5.74, 6) is 7.96. The lowest BCUT2D eigenvalue weighted by molar-refractivity contribution is 0.343. The van der Waals surface area contributed by atoms with Crippen molar-refractivity contribution in [2.75, 3.05) is 13.1 Å². The minimum absolute atomic E-state index is 0.511. The molecule has 1 aliphatic rings. The molecule has 4 heteroatoms. The van der Waals surface area contributed by atoms with E-state index >= 15 is 0 Å². The Balaban J connectivity index is 2.54. The van der Waals surface area contributed by atoms with Crippen LogP contribution in [0.1, 0.15) is 53.4 Å². The van der Waals surface area contributed by atoms with Crippen LogP contribution in [0.3, 0.4) is 0 Å². The average Bonchev–Trinajstić information content (AvgIpc) is 3.10. The van der Waals surface area contributed by atoms with Crippen LogP contribution in [0.25, 0.3) is 0 Å². The maximum Gasteiger partial charge on any atom is 0.208 e. The molecule has 0 aromatic carbocycles. The number of hydrogen-bond acceptors (Lipinski definition) is 2. The van der Waals surface area contributed by atoms with Gasteiger partial charge < -0.3 is 4.90 Å². The fourth-order valence-corrected chi connectivity index (χ4v) is 1.74. The summed E-state index contributed by atoms with van der Waals surface area (Å²) in [6, 6.07) is 0.511. The first-order valence-corrected chi connectivity index (χ1v) is 7.32. The summed E-state index contributed by atoms with van der Waals surface area (Å²) in [6.45, 7) is 11.1. The van der Waals surface area contributed by atoms with Crippen molar-refractivity contribution in [1.82, 2.24) is 10.3 Å². The second-order valence-electron chi connectivity index (χ2n) is 6.18. The van der Waals surface area contributed by atoms with Gasteiger partial charge >= 0.3 is 0 Å². The fourth-order valence-electron chi connectivity index (χ4n) is 1.74. The van der Waals surface area contributed by atoms with Crippen molar-refractivity contribution in [1.29, 1.82) is 0 Å². The third-order valence-corrected chi connectivity index (χ3v) is 3.23. The molecule has 0 amide bonds. The summed E-state index contributed by atoms with van der Waals surface area (Å²) >= 11 is 0. The normalized spacial score (nSPS) is 16.5. The van der Waals surface area contributed by atoms with Gasteiger partial charge in [-0.3, -0.25) is 5.43 Å². The zero-order valence-corrected chi connectivity index (χ0v) is 12.4. The van der Waals surface area contributed by atoms with Gasteiger partial charge in [0.25, 0.3) is 0 Å². The molecule has 1 saturated carbocycles. The Hall–Kier alpha value is -0.770. The van der Waals surface area contributed by atoms with E-state index in [2.05, 4.69) is 43.0 Å². The Morgan fingerprint density at radius 1 is 1.17 bits per heavy atom. The topological polar surface area (TPSA) is 53.6 Å². The molecule has 3 N–H and O–H groups in total. The van der Waals surface area contributed by atoms with Gasteiger partial charge in [0.1, 0.15) is 0 Å². The first kappa shape index (κ1) is 15.3. The molecule has 0 heterocycles. The second kappa shape index (κ2) is 7.62. The van der Waals surface area contributed by atoms with Gasteiger partial charge in [0.2, 0.25) is 5.96 Å². The van der Waals surface area contributed by atoms with E-state index < -0.39 is 0 Å². The van der Waals surface area contributed by atoms with Crippen molar-refractivity contribution in [3.63, 3.8) is 0 Å². The van der Waals surface area contributed by atoms with Crippen molar-refractivity contribution < 1.29 is 0 Å². The Bertz CT molecular complexity index is 245. The van der Waals surface area contributed by atoms with Crippen LogP contribution in [-0.2, 0) is 0 Å². The molecular weight excluding hydrogens is 224 g/mol. The molecule has 0 radical (unpaired) electrons. The Morgan fingerprint density at radius 3 is 2.00 bits per heavy atom. The smallest absolute Gasteiger partial charge is 0.208 e. The number of hydrogen-bond donors (Lipinski definition) is 2. The van der Waals surface area contributed by atoms with Crippen LogP contribution in [0.5, 0.6) is 0 Å². The van der Waals surface area contributed by atoms with Crippen LogP contribution < -0.4 is 11.3 Å². The van der Waals surface area contributed by atoms with Crippen molar-refractivity contribution in [3.8, 4) is 0 Å². The number of rotatable bonds is 7. The van der Waals surface area contributed by atoms with E-state index in [0.717, 1.165) is 19.0 Å². The highest BCUT2D eigenvalue weighted by molar-refractivity contribution is 5.79. The molecule has 4 nitrogen and oxygen atoms in total. The molecule has 1 aliphatic carbocycles. The van der Waals surface area contributed by atoms with E-state index in [1.54, 1.807) is 0 Å². The van der Waals surface area contributed by atoms with Crippen LogP contribution in [0.4, 0.5) is 0 Å². The zero-order chi connectivity index (χ0) is 13.5. The largest absolute Gasteiger partial charge is 0.342 e. The van der Waals surface area contributed by atoms with Crippen LogP contribution in [-0.4, -0.2) is 30.0 Å². The van der Waals surface area contributed by atoms with Gasteiger partial charge in [-0.05, 0) is 37.5 Å². The number of nitrogens with zero attached hydrogens (tertiary/aromatic N) is 2. The SMILES string of the molecule is CC(C)CCN(CCC(C)C)C(=NC1CC1)NN. The third-order valence-electron chi connectivity index (χ3n) is 3.23. The van der Waals surface area contributed by atoms with E-state index in [0.29, 0.717) is 17.9 Å². The predicted molar refractivity (Wildman–Crippen MR) is 78.3 cm³/mol. The van der Waals surface area contributed by atoms with Crippen LogP contribution in [0.15, 0.2) is 4.99 Å². The maximum atomic E-state index is 5.64. The van der Waals surface area contributed by atoms with Gasteiger partial charge in [0, 0.05) is 13.1 Å². The molecule has 0 bridgehead atoms. The van der Waals surface area contributed by atoms with Crippen LogP contribution >= 0.6 is 0 Å². The van der Waals surface area contributed by atoms with Gasteiger partial charge in [0.15, 0.2) is 0 Å². The number of nitrogens with two attached hydrogens (primary N) is 1. The first-order chi connectivity index (χ1) is 8.52. The Morgan fingerprint density at radius 2 is 1.67 bits per heavy atom. The van der Waals surface area contributed by atoms with Crippen molar-refractivity contribution in [3.05, 3.63) is 0 Å². The molecule has 0 aromatic heterocycles. The Kier molecular flexibility index (Phi) is 6.47. The molecule has 0 saturated heterocycles. The minimum atomic E-state index is 0.511. The summed E-state index contributed by atoms with van der Waals surface area (Å²) in [4.78, 5) is 6.99. The maximum absolute atomic E-state index is 5.64. The van der Waals surface area contributed by atoms with Gasteiger partial charge in [-0.15, -0.1) is 0 Å². The standard InChI is InChI=1S/C14H30N4/c1-11(2)7-9-18(10-8-12(3)4)14(17-15)16-13-5-6-13/h11-13H,5-10,15H2,1-4H3,(H,16,17). The number of nitrogens with one attached hydrogen (secondary N) is 1. The Labute approximate surface area is 112 Å². The summed E-state index contributed by atoms with van der Waals surface area (Å²) in [5.41, 5.74) is 2.80. The monoisotopic (exact) mass is 254 g/mol. The average molecular weight is 254 g/mol. The fraction of sp³-hybridized carbons (Fsp3) is 0.929. The number of hydrazine groups is 1. The summed E-state index contributed by atoms with van der Waals surface area (Å²) in [6.07, 6.45) is 4.80. The molecule has 1 fully saturated rings. The lowest BCUT2D eigenvalue weighted by atomic mass is 10.1. The third kappa shape index (κ3) is 6.24. The van der Waals surface area contributed by atoms with E-state index in [-0.39, 0.29) is 0 Å². The lowest BCUT2D eigenvalue weighted by Crippen LogP contribution is -2.46. The predicted octanol–water partition coefficient (Wildman–Crippen LogP) is 2.36. The van der Waals surface area contributed by atoms with Crippen LogP contribution in [0.2, 0.25) is 0 Å². The second-order valence-corrected chi connectivity index (χ2v) is 6.18. The van der Waals surface area contributed by atoms with E-state index in [4.69, 9.17) is 5.84 Å². The molecule has 106 valence electrons. The molecule has 0 aromatic rings. The number of aliphatic imine (C=N–C) groups is 1. The lowest BCUT2D eigenvalue weighted by Gasteiger charge is -2.27. The summed E-state index contributed by atoms with van der Waals surface area (Å²) in [5, 5.41) is 0. The van der Waals surface area contributed by atoms with Gasteiger partial charge in [0.05, 0.1) is 6.04 Å². The molecule has 0 unspecified atom stereocenters. The van der Waals surface area contributed by atoms with Crippen molar-refractivity contribution in [2.45, 2.75) is 59.4 Å². The minimum Gasteiger partial charge on any atom is -0.342 e. The van der Waals surface area contributed by atoms with Crippen LogP contribution in [0, 0.1) is 11.8 Å². The summed E-state index contributed by atoms with van der Waals surface area (Å²) in [7, 11) is 0. The van der Waals surface area contributed by atoms with Gasteiger partial charge in [-0.1, -0.05) is 27.7 Å². The first-order valence-electron chi connectivity index (χ1n) is 7.32. The van der Waals surface area contributed by atoms with Gasteiger partial charge in [-0.2, -0.15) is 0 Å². The number of guanidine groups is 1.